The third-order valence-electron chi connectivity index (χ3n) is 2.92. The fourth-order valence-corrected chi connectivity index (χ4v) is 2.16. The molecule has 10 heteroatoms. The topological polar surface area (TPSA) is 87.3 Å². The maximum atomic E-state index is 13.2. The summed E-state index contributed by atoms with van der Waals surface area (Å²) < 4.78 is 45.2. The standard InChI is InChI=1S/C14H14F3N3O4/c1-13(2,3)24-10(21)7-19-8-5-4-6-9(20(22)23)11(8)18-12(19)14(15,16)17/h4-6H,7H2,1-3H3. The number of halogens is 3. The summed E-state index contributed by atoms with van der Waals surface area (Å²) in [7, 11) is 0. The molecule has 0 saturated carbocycles. The number of non-ortho nitro benzene ring substituents is 1. The van der Waals surface area contributed by atoms with Crippen molar-refractivity contribution in [1.29, 1.82) is 0 Å². The summed E-state index contributed by atoms with van der Waals surface area (Å²) in [6, 6.07) is 3.51. The molecule has 0 spiro atoms. The number of hydrogen-bond acceptors (Lipinski definition) is 5. The number of nitrogens with zero attached hydrogens (tertiary/aromatic N) is 3. The lowest BCUT2D eigenvalue weighted by molar-refractivity contribution is -0.383. The number of nitro groups is 1. The molecule has 1 heterocycles. The van der Waals surface area contributed by atoms with E-state index in [9.17, 15) is 28.1 Å². The number of carbonyl (C=O) groups excluding carboxylic acids is 1. The number of imidazole rings is 1. The van der Waals surface area contributed by atoms with Crippen molar-refractivity contribution in [2.24, 2.45) is 0 Å². The second kappa shape index (κ2) is 5.77. The number of benzene rings is 1. The molecule has 2 aromatic rings. The first-order chi connectivity index (χ1) is 10.9. The summed E-state index contributed by atoms with van der Waals surface area (Å²) in [5.74, 6) is -2.29. The zero-order valence-electron chi connectivity index (χ0n) is 13.0. The summed E-state index contributed by atoms with van der Waals surface area (Å²) in [5.41, 5.74) is -2.04. The fraction of sp³-hybridized carbons (Fsp3) is 0.429. The second-order valence-corrected chi connectivity index (χ2v) is 6.01. The van der Waals surface area contributed by atoms with E-state index in [0.29, 0.717) is 4.57 Å². The van der Waals surface area contributed by atoms with Crippen LogP contribution in [0.5, 0.6) is 0 Å². The first-order valence-electron chi connectivity index (χ1n) is 6.83. The summed E-state index contributed by atoms with van der Waals surface area (Å²) >= 11 is 0. The van der Waals surface area contributed by atoms with Crippen molar-refractivity contribution in [3.8, 4) is 0 Å². The third kappa shape index (κ3) is 3.63. The lowest BCUT2D eigenvalue weighted by Gasteiger charge is -2.20. The highest BCUT2D eigenvalue weighted by Gasteiger charge is 2.39. The fourth-order valence-electron chi connectivity index (χ4n) is 2.16. The molecule has 0 saturated heterocycles. The van der Waals surface area contributed by atoms with E-state index in [-0.39, 0.29) is 5.52 Å². The first kappa shape index (κ1) is 17.7. The summed E-state index contributed by atoms with van der Waals surface area (Å²) in [4.78, 5) is 25.4. The van der Waals surface area contributed by atoms with Crippen LogP contribution in [-0.2, 0) is 22.3 Å². The molecule has 130 valence electrons. The van der Waals surface area contributed by atoms with Gasteiger partial charge in [-0.25, -0.2) is 4.98 Å². The van der Waals surface area contributed by atoms with E-state index in [4.69, 9.17) is 4.74 Å². The average molecular weight is 345 g/mol. The minimum Gasteiger partial charge on any atom is -0.459 e. The lowest BCUT2D eigenvalue weighted by atomic mass is 10.2. The monoisotopic (exact) mass is 345 g/mol. The normalized spacial score (nSPS) is 12.4. The zero-order valence-corrected chi connectivity index (χ0v) is 13.0. The van der Waals surface area contributed by atoms with Crippen LogP contribution < -0.4 is 0 Å². The van der Waals surface area contributed by atoms with Gasteiger partial charge in [0.25, 0.3) is 5.69 Å². The molecular weight excluding hydrogens is 331 g/mol. The van der Waals surface area contributed by atoms with Gasteiger partial charge in [0.1, 0.15) is 12.1 Å². The molecule has 2 rings (SSSR count). The molecule has 0 atom stereocenters. The van der Waals surface area contributed by atoms with Gasteiger partial charge in [-0.1, -0.05) is 6.07 Å². The molecule has 24 heavy (non-hydrogen) atoms. The molecule has 1 aromatic heterocycles. The van der Waals surface area contributed by atoms with Crippen molar-refractivity contribution < 1.29 is 27.6 Å². The van der Waals surface area contributed by atoms with Crippen LogP contribution in [0.1, 0.15) is 26.6 Å². The molecule has 0 bridgehead atoms. The van der Waals surface area contributed by atoms with Crippen molar-refractivity contribution in [3.63, 3.8) is 0 Å². The predicted octanol–water partition coefficient (Wildman–Crippen LogP) is 3.31. The summed E-state index contributed by atoms with van der Waals surface area (Å²) in [6.45, 7) is 3.97. The number of hydrogen-bond donors (Lipinski definition) is 0. The Labute approximate surface area is 134 Å². The van der Waals surface area contributed by atoms with Gasteiger partial charge in [0.15, 0.2) is 5.52 Å². The number of rotatable bonds is 3. The van der Waals surface area contributed by atoms with Crippen LogP contribution in [0.3, 0.4) is 0 Å². The molecule has 0 radical (unpaired) electrons. The highest BCUT2D eigenvalue weighted by Crippen LogP contribution is 2.34. The van der Waals surface area contributed by atoms with Gasteiger partial charge in [0, 0.05) is 6.07 Å². The van der Waals surface area contributed by atoms with Crippen molar-refractivity contribution in [2.75, 3.05) is 0 Å². The maximum Gasteiger partial charge on any atom is 0.449 e. The van der Waals surface area contributed by atoms with Crippen LogP contribution in [0.15, 0.2) is 18.2 Å². The highest BCUT2D eigenvalue weighted by atomic mass is 19.4. The number of esters is 1. The van der Waals surface area contributed by atoms with Gasteiger partial charge >= 0.3 is 12.1 Å². The van der Waals surface area contributed by atoms with Gasteiger partial charge < -0.3 is 9.30 Å². The number of aromatic nitrogens is 2. The van der Waals surface area contributed by atoms with Gasteiger partial charge in [0.05, 0.1) is 10.4 Å². The van der Waals surface area contributed by atoms with Crippen LogP contribution >= 0.6 is 0 Å². The first-order valence-corrected chi connectivity index (χ1v) is 6.83. The Balaban J connectivity index is 2.60. The minimum absolute atomic E-state index is 0.164. The summed E-state index contributed by atoms with van der Waals surface area (Å²) in [6.07, 6.45) is -4.88. The van der Waals surface area contributed by atoms with E-state index in [1.807, 2.05) is 0 Å². The van der Waals surface area contributed by atoms with Gasteiger partial charge in [-0.3, -0.25) is 14.9 Å². The van der Waals surface area contributed by atoms with Gasteiger partial charge in [-0.05, 0) is 26.8 Å². The molecule has 0 aliphatic heterocycles. The number of alkyl halides is 3. The Bertz CT molecular complexity index is 806. The van der Waals surface area contributed by atoms with Gasteiger partial charge in [-0.2, -0.15) is 13.2 Å². The number of carbonyl (C=O) groups is 1. The van der Waals surface area contributed by atoms with Gasteiger partial charge in [0.2, 0.25) is 5.82 Å². The maximum absolute atomic E-state index is 13.2. The van der Waals surface area contributed by atoms with E-state index in [0.717, 1.165) is 6.07 Å². The lowest BCUT2D eigenvalue weighted by Crippen LogP contribution is -2.28. The largest absolute Gasteiger partial charge is 0.459 e. The Morgan fingerprint density at radius 2 is 1.96 bits per heavy atom. The molecule has 7 nitrogen and oxygen atoms in total. The summed E-state index contributed by atoms with van der Waals surface area (Å²) in [5, 5.41) is 11.0. The van der Waals surface area contributed by atoms with Crippen molar-refractivity contribution in [3.05, 3.63) is 34.1 Å². The Morgan fingerprint density at radius 3 is 2.46 bits per heavy atom. The average Bonchev–Trinajstić information content (AvgIpc) is 2.75. The number of para-hydroxylation sites is 1. The quantitative estimate of drug-likeness (QED) is 0.484. The second-order valence-electron chi connectivity index (χ2n) is 6.01. The zero-order chi connectivity index (χ0) is 18.3. The number of nitro benzene ring substituents is 1. The minimum atomic E-state index is -4.88. The molecule has 0 fully saturated rings. The Kier molecular flexibility index (Phi) is 4.25. The van der Waals surface area contributed by atoms with Crippen LogP contribution in [-0.4, -0.2) is 26.0 Å². The highest BCUT2D eigenvalue weighted by molar-refractivity contribution is 5.86. The van der Waals surface area contributed by atoms with Crippen LogP contribution in [0.4, 0.5) is 18.9 Å². The molecule has 1 aromatic carbocycles. The molecule has 0 unspecified atom stereocenters. The van der Waals surface area contributed by atoms with E-state index in [1.54, 1.807) is 20.8 Å². The molecular formula is C14H14F3N3O4. The number of ether oxygens (including phenoxy) is 1. The predicted molar refractivity (Wildman–Crippen MR) is 77.2 cm³/mol. The van der Waals surface area contributed by atoms with Crippen LogP contribution in [0.25, 0.3) is 11.0 Å². The Hall–Kier alpha value is -2.65. The van der Waals surface area contributed by atoms with E-state index >= 15 is 0 Å². The van der Waals surface area contributed by atoms with E-state index < -0.39 is 46.2 Å². The molecule has 0 aliphatic rings. The van der Waals surface area contributed by atoms with E-state index in [2.05, 4.69) is 4.98 Å². The number of fused-ring (bicyclic) bond motifs is 1. The van der Waals surface area contributed by atoms with E-state index in [1.165, 1.54) is 12.1 Å². The van der Waals surface area contributed by atoms with Gasteiger partial charge in [-0.15, -0.1) is 0 Å². The van der Waals surface area contributed by atoms with Crippen LogP contribution in [0.2, 0.25) is 0 Å². The van der Waals surface area contributed by atoms with Crippen LogP contribution in [0, 0.1) is 10.1 Å². The Morgan fingerprint density at radius 1 is 1.33 bits per heavy atom. The molecule has 0 aliphatic carbocycles. The molecule has 0 amide bonds. The smallest absolute Gasteiger partial charge is 0.449 e. The van der Waals surface area contributed by atoms with Crippen molar-refractivity contribution in [1.82, 2.24) is 9.55 Å². The SMILES string of the molecule is CC(C)(C)OC(=O)Cn1c(C(F)(F)F)nc2c([N+](=O)[O-])cccc21. The molecule has 0 N–H and O–H groups in total. The third-order valence-corrected chi connectivity index (χ3v) is 2.92. The van der Waals surface area contributed by atoms with Crippen molar-refractivity contribution in [2.45, 2.75) is 39.1 Å². The van der Waals surface area contributed by atoms with Crippen molar-refractivity contribution >= 4 is 22.7 Å².